The summed E-state index contributed by atoms with van der Waals surface area (Å²) in [6, 6.07) is 12.0. The average molecular weight is 436 g/mol. The Kier molecular flexibility index (Phi) is 7.63. The first-order valence-corrected chi connectivity index (χ1v) is 9.46. The van der Waals surface area contributed by atoms with Crippen LogP contribution >= 0.6 is 24.8 Å². The Morgan fingerprint density at radius 3 is 2.66 bits per heavy atom. The lowest BCUT2D eigenvalue weighted by molar-refractivity contribution is 0.0916. The smallest absolute Gasteiger partial charge is 0.252 e. The number of amides is 1. The molecule has 1 fully saturated rings. The van der Waals surface area contributed by atoms with Crippen molar-refractivity contribution in [3.8, 4) is 11.3 Å². The van der Waals surface area contributed by atoms with Crippen LogP contribution in [0.25, 0.3) is 22.3 Å². The molecule has 156 valence electrons. The average Bonchev–Trinajstić information content (AvgIpc) is 2.97. The molecule has 0 aliphatic carbocycles. The number of nitrogens with zero attached hydrogens (tertiary/aromatic N) is 3. The minimum absolute atomic E-state index is 0. The molecule has 2 aromatic heterocycles. The first-order valence-electron chi connectivity index (χ1n) is 9.46. The van der Waals surface area contributed by atoms with Crippen LogP contribution in [0.15, 0.2) is 36.4 Å². The fraction of sp³-hybridized carbons (Fsp3) is 0.381. The summed E-state index contributed by atoms with van der Waals surface area (Å²) in [4.78, 5) is 18.0. The minimum Gasteiger partial charge on any atom is -0.349 e. The van der Waals surface area contributed by atoms with Crippen molar-refractivity contribution in [3.63, 3.8) is 0 Å². The highest BCUT2D eigenvalue weighted by Crippen LogP contribution is 2.27. The molecule has 1 amide bonds. The fourth-order valence-corrected chi connectivity index (χ4v) is 3.86. The summed E-state index contributed by atoms with van der Waals surface area (Å²) in [5.74, 6) is 0.359. The number of aromatic nitrogens is 3. The number of rotatable bonds is 3. The molecule has 0 radical (unpaired) electrons. The van der Waals surface area contributed by atoms with E-state index in [-0.39, 0.29) is 36.8 Å². The summed E-state index contributed by atoms with van der Waals surface area (Å²) in [6.07, 6.45) is 0.943. The maximum atomic E-state index is 13.2. The number of hydrogen-bond donors (Lipinski definition) is 2. The molecule has 0 saturated carbocycles. The third kappa shape index (κ3) is 4.55. The van der Waals surface area contributed by atoms with Gasteiger partial charge in [0.1, 0.15) is 0 Å². The van der Waals surface area contributed by atoms with E-state index in [1.807, 2.05) is 50.4 Å². The Morgan fingerprint density at radius 2 is 1.97 bits per heavy atom. The zero-order valence-corrected chi connectivity index (χ0v) is 18.4. The van der Waals surface area contributed by atoms with Gasteiger partial charge in [0.2, 0.25) is 0 Å². The van der Waals surface area contributed by atoms with Gasteiger partial charge < -0.3 is 10.6 Å². The van der Waals surface area contributed by atoms with Crippen LogP contribution in [-0.4, -0.2) is 39.8 Å². The molecule has 1 aromatic carbocycles. The van der Waals surface area contributed by atoms with Gasteiger partial charge in [0.05, 0.1) is 22.3 Å². The van der Waals surface area contributed by atoms with Crippen molar-refractivity contribution in [2.45, 2.75) is 26.3 Å². The van der Waals surface area contributed by atoms with Gasteiger partial charge in [0.15, 0.2) is 5.65 Å². The quantitative estimate of drug-likeness (QED) is 0.659. The maximum Gasteiger partial charge on any atom is 0.252 e. The lowest BCUT2D eigenvalue weighted by atomic mass is 9.94. The SMILES string of the molecule is Cc1nn(C)c2nc(-c3ccccc3)cc(C(=O)NC3CCNCC3C)c12.Cl.Cl. The molecule has 2 atom stereocenters. The van der Waals surface area contributed by atoms with Crippen LogP contribution in [0, 0.1) is 12.8 Å². The minimum atomic E-state index is -0.0468. The van der Waals surface area contributed by atoms with Crippen LogP contribution in [0.5, 0.6) is 0 Å². The Morgan fingerprint density at radius 1 is 1.24 bits per heavy atom. The number of carbonyl (C=O) groups excluding carboxylic acids is 1. The van der Waals surface area contributed by atoms with E-state index >= 15 is 0 Å². The van der Waals surface area contributed by atoms with Gasteiger partial charge in [-0.25, -0.2) is 4.98 Å². The predicted octanol–water partition coefficient (Wildman–Crippen LogP) is 3.52. The van der Waals surface area contributed by atoms with Crippen LogP contribution in [0.3, 0.4) is 0 Å². The highest BCUT2D eigenvalue weighted by atomic mass is 35.5. The topological polar surface area (TPSA) is 71.8 Å². The highest BCUT2D eigenvalue weighted by Gasteiger charge is 2.25. The van der Waals surface area contributed by atoms with Gasteiger partial charge in [-0.1, -0.05) is 37.3 Å². The molecule has 4 rings (SSSR count). The number of aryl methyl sites for hydroxylation is 2. The van der Waals surface area contributed by atoms with Crippen molar-refractivity contribution >= 4 is 41.8 Å². The normalized spacial score (nSPS) is 18.6. The molecule has 2 unspecified atom stereocenters. The highest BCUT2D eigenvalue weighted by molar-refractivity contribution is 6.07. The van der Waals surface area contributed by atoms with Gasteiger partial charge >= 0.3 is 0 Å². The van der Waals surface area contributed by atoms with Gasteiger partial charge in [-0.15, -0.1) is 24.8 Å². The molecular weight excluding hydrogens is 409 g/mol. The van der Waals surface area contributed by atoms with Crippen molar-refractivity contribution in [3.05, 3.63) is 47.7 Å². The largest absolute Gasteiger partial charge is 0.349 e. The van der Waals surface area contributed by atoms with E-state index in [0.29, 0.717) is 11.5 Å². The van der Waals surface area contributed by atoms with Crippen molar-refractivity contribution in [1.82, 2.24) is 25.4 Å². The van der Waals surface area contributed by atoms with Gasteiger partial charge in [-0.05, 0) is 38.4 Å². The van der Waals surface area contributed by atoms with Crippen LogP contribution in [0.1, 0.15) is 29.4 Å². The Labute approximate surface area is 183 Å². The summed E-state index contributed by atoms with van der Waals surface area (Å²) in [5.41, 5.74) is 3.98. The Balaban J connectivity index is 0.00000150. The molecule has 0 bridgehead atoms. The molecule has 3 aromatic rings. The van der Waals surface area contributed by atoms with Crippen molar-refractivity contribution in [2.24, 2.45) is 13.0 Å². The predicted molar refractivity (Wildman–Crippen MR) is 121 cm³/mol. The zero-order chi connectivity index (χ0) is 19.0. The molecule has 0 spiro atoms. The van der Waals surface area contributed by atoms with Crippen LogP contribution in [-0.2, 0) is 7.05 Å². The van der Waals surface area contributed by atoms with E-state index in [9.17, 15) is 4.79 Å². The Hall–Kier alpha value is -2.15. The first kappa shape index (κ1) is 23.1. The van der Waals surface area contributed by atoms with Crippen molar-refractivity contribution in [1.29, 1.82) is 0 Å². The van der Waals surface area contributed by atoms with Gasteiger partial charge in [0, 0.05) is 18.7 Å². The molecule has 29 heavy (non-hydrogen) atoms. The zero-order valence-electron chi connectivity index (χ0n) is 16.8. The van der Waals surface area contributed by atoms with E-state index in [2.05, 4.69) is 22.7 Å². The number of benzene rings is 1. The molecule has 6 nitrogen and oxygen atoms in total. The summed E-state index contributed by atoms with van der Waals surface area (Å²) < 4.78 is 1.75. The van der Waals surface area contributed by atoms with E-state index in [1.54, 1.807) is 4.68 Å². The second-order valence-corrected chi connectivity index (χ2v) is 7.38. The lowest BCUT2D eigenvalue weighted by Crippen LogP contribution is -2.48. The van der Waals surface area contributed by atoms with Gasteiger partial charge in [0.25, 0.3) is 5.91 Å². The number of nitrogens with one attached hydrogen (secondary N) is 2. The van der Waals surface area contributed by atoms with Crippen molar-refractivity contribution in [2.75, 3.05) is 13.1 Å². The Bertz CT molecular complexity index is 990. The summed E-state index contributed by atoms with van der Waals surface area (Å²) in [6.45, 7) is 5.96. The third-order valence-corrected chi connectivity index (χ3v) is 5.38. The van der Waals surface area contributed by atoms with Crippen LogP contribution < -0.4 is 10.6 Å². The van der Waals surface area contributed by atoms with Gasteiger partial charge in [-0.2, -0.15) is 5.10 Å². The molecule has 8 heteroatoms. The number of fused-ring (bicyclic) bond motifs is 1. The summed E-state index contributed by atoms with van der Waals surface area (Å²) in [7, 11) is 1.87. The van der Waals surface area contributed by atoms with Gasteiger partial charge in [-0.3, -0.25) is 9.48 Å². The first-order chi connectivity index (χ1) is 13.0. The number of halogens is 2. The monoisotopic (exact) mass is 435 g/mol. The number of pyridine rings is 1. The fourth-order valence-electron chi connectivity index (χ4n) is 3.86. The summed E-state index contributed by atoms with van der Waals surface area (Å²) in [5, 5.41) is 11.9. The maximum absolute atomic E-state index is 13.2. The second kappa shape index (κ2) is 9.57. The van der Waals surface area contributed by atoms with E-state index in [1.165, 1.54) is 0 Å². The molecule has 1 aliphatic rings. The number of carbonyl (C=O) groups is 1. The lowest BCUT2D eigenvalue weighted by Gasteiger charge is -2.30. The van der Waals surface area contributed by atoms with E-state index in [4.69, 9.17) is 4.98 Å². The molecule has 1 aliphatic heterocycles. The molecular formula is C21H27Cl2N5O. The number of piperidine rings is 1. The number of hydrogen-bond acceptors (Lipinski definition) is 4. The third-order valence-electron chi connectivity index (χ3n) is 5.38. The van der Waals surface area contributed by atoms with Crippen LogP contribution in [0.2, 0.25) is 0 Å². The summed E-state index contributed by atoms with van der Waals surface area (Å²) >= 11 is 0. The van der Waals surface area contributed by atoms with E-state index < -0.39 is 0 Å². The van der Waals surface area contributed by atoms with Crippen molar-refractivity contribution < 1.29 is 4.79 Å². The standard InChI is InChI=1S/C21H25N5O.2ClH/c1-13-12-22-10-9-17(13)24-21(27)16-11-18(15-7-5-4-6-8-15)23-20-19(16)14(2)25-26(20)3;;/h4-8,11,13,17,22H,9-10,12H2,1-3H3,(H,24,27);2*1H. The van der Waals surface area contributed by atoms with Crippen LogP contribution in [0.4, 0.5) is 0 Å². The molecule has 1 saturated heterocycles. The van der Waals surface area contributed by atoms with E-state index in [0.717, 1.165) is 47.5 Å². The molecule has 3 heterocycles. The molecule has 2 N–H and O–H groups in total. The second-order valence-electron chi connectivity index (χ2n) is 7.38.